The Hall–Kier alpha value is -1.77. The van der Waals surface area contributed by atoms with E-state index in [1.165, 1.54) is 11.1 Å². The fourth-order valence-electron chi connectivity index (χ4n) is 2.91. The van der Waals surface area contributed by atoms with Crippen LogP contribution in [0.1, 0.15) is 50.8 Å². The molecule has 1 aliphatic rings. The van der Waals surface area contributed by atoms with Crippen molar-refractivity contribution in [3.8, 4) is 0 Å². The number of nitrogens with zero attached hydrogens (tertiary/aromatic N) is 1. The molecule has 1 aliphatic heterocycles. The van der Waals surface area contributed by atoms with Gasteiger partial charge in [-0.05, 0) is 51.7 Å². The van der Waals surface area contributed by atoms with Crippen LogP contribution >= 0.6 is 0 Å². The quantitative estimate of drug-likeness (QED) is 0.743. The van der Waals surface area contributed by atoms with Gasteiger partial charge in [0, 0.05) is 0 Å². The number of hydrogen-bond acceptors (Lipinski definition) is 2. The third-order valence-electron chi connectivity index (χ3n) is 3.85. The zero-order valence-corrected chi connectivity index (χ0v) is 13.4. The second-order valence-electron chi connectivity index (χ2n) is 6.64. The van der Waals surface area contributed by atoms with Crippen LogP contribution < -0.4 is 0 Å². The van der Waals surface area contributed by atoms with Gasteiger partial charge in [-0.25, -0.2) is 4.79 Å². The lowest BCUT2D eigenvalue weighted by atomic mass is 9.99. The smallest absolute Gasteiger partial charge is 0.411 e. The summed E-state index contributed by atoms with van der Waals surface area (Å²) >= 11 is 0. The molecular weight excluding hydrogens is 262 g/mol. The molecule has 3 nitrogen and oxygen atoms in total. The molecule has 0 aliphatic carbocycles. The highest BCUT2D eigenvalue weighted by atomic mass is 16.6. The normalized spacial score (nSPS) is 22.2. The summed E-state index contributed by atoms with van der Waals surface area (Å²) in [5.74, 6) is 0. The first-order chi connectivity index (χ1) is 9.83. The summed E-state index contributed by atoms with van der Waals surface area (Å²) in [5, 5.41) is 0. The number of ether oxygens (including phenoxy) is 1. The van der Waals surface area contributed by atoms with Crippen LogP contribution in [0.15, 0.2) is 36.9 Å². The molecule has 2 unspecified atom stereocenters. The first kappa shape index (κ1) is 15.6. The SMILES string of the molecule is C=CC1CCC(c2ccccc2C)N1C(=O)OC(C)(C)C. The molecule has 0 spiro atoms. The second kappa shape index (κ2) is 5.92. The number of aryl methyl sites for hydroxylation is 1. The van der Waals surface area contributed by atoms with Crippen molar-refractivity contribution in [2.75, 3.05) is 0 Å². The van der Waals surface area contributed by atoms with Crippen LogP contribution in [0.5, 0.6) is 0 Å². The minimum Gasteiger partial charge on any atom is -0.444 e. The largest absolute Gasteiger partial charge is 0.444 e. The van der Waals surface area contributed by atoms with Gasteiger partial charge in [-0.15, -0.1) is 6.58 Å². The lowest BCUT2D eigenvalue weighted by molar-refractivity contribution is 0.0178. The molecule has 0 saturated carbocycles. The molecule has 0 N–H and O–H groups in total. The van der Waals surface area contributed by atoms with E-state index in [0.717, 1.165) is 12.8 Å². The van der Waals surface area contributed by atoms with Gasteiger partial charge in [-0.1, -0.05) is 30.3 Å². The van der Waals surface area contributed by atoms with Crippen molar-refractivity contribution in [2.45, 2.75) is 58.2 Å². The third-order valence-corrected chi connectivity index (χ3v) is 3.85. The minimum absolute atomic E-state index is 0.0458. The maximum Gasteiger partial charge on any atom is 0.411 e. The lowest BCUT2D eigenvalue weighted by Crippen LogP contribution is -2.40. The Bertz CT molecular complexity index is 530. The van der Waals surface area contributed by atoms with E-state index < -0.39 is 5.60 Å². The molecule has 1 heterocycles. The van der Waals surface area contributed by atoms with Gasteiger partial charge in [0.2, 0.25) is 0 Å². The van der Waals surface area contributed by atoms with Crippen LogP contribution in [0.4, 0.5) is 4.79 Å². The van der Waals surface area contributed by atoms with E-state index in [-0.39, 0.29) is 18.2 Å². The van der Waals surface area contributed by atoms with Crippen LogP contribution in [0.2, 0.25) is 0 Å². The highest BCUT2D eigenvalue weighted by Gasteiger charge is 2.39. The van der Waals surface area contributed by atoms with Crippen molar-refractivity contribution in [1.29, 1.82) is 0 Å². The highest BCUT2D eigenvalue weighted by Crippen LogP contribution is 2.38. The first-order valence-corrected chi connectivity index (χ1v) is 7.53. The van der Waals surface area contributed by atoms with Crippen molar-refractivity contribution in [1.82, 2.24) is 4.90 Å². The molecule has 2 atom stereocenters. The first-order valence-electron chi connectivity index (χ1n) is 7.53. The van der Waals surface area contributed by atoms with Crippen molar-refractivity contribution in [3.05, 3.63) is 48.0 Å². The van der Waals surface area contributed by atoms with Gasteiger partial charge in [-0.2, -0.15) is 0 Å². The zero-order valence-electron chi connectivity index (χ0n) is 13.4. The number of likely N-dealkylation sites (tertiary alicyclic amines) is 1. The Kier molecular flexibility index (Phi) is 4.40. The van der Waals surface area contributed by atoms with E-state index >= 15 is 0 Å². The second-order valence-corrected chi connectivity index (χ2v) is 6.64. The summed E-state index contributed by atoms with van der Waals surface area (Å²) in [5.41, 5.74) is 1.93. The van der Waals surface area contributed by atoms with Gasteiger partial charge in [0.15, 0.2) is 0 Å². The van der Waals surface area contributed by atoms with E-state index in [4.69, 9.17) is 4.74 Å². The van der Waals surface area contributed by atoms with E-state index in [9.17, 15) is 4.79 Å². The monoisotopic (exact) mass is 287 g/mol. The minimum atomic E-state index is -0.484. The highest BCUT2D eigenvalue weighted by molar-refractivity contribution is 5.70. The van der Waals surface area contributed by atoms with E-state index in [0.29, 0.717) is 0 Å². The van der Waals surface area contributed by atoms with E-state index in [1.807, 2.05) is 43.9 Å². The summed E-state index contributed by atoms with van der Waals surface area (Å²) in [6, 6.07) is 8.36. The number of amides is 1. The molecule has 21 heavy (non-hydrogen) atoms. The number of benzene rings is 1. The summed E-state index contributed by atoms with van der Waals surface area (Å²) in [6.07, 6.45) is 3.48. The van der Waals surface area contributed by atoms with Gasteiger partial charge in [0.05, 0.1) is 12.1 Å². The maximum absolute atomic E-state index is 12.6. The number of carbonyl (C=O) groups excluding carboxylic acids is 1. The lowest BCUT2D eigenvalue weighted by Gasteiger charge is -2.32. The topological polar surface area (TPSA) is 29.5 Å². The molecule has 0 bridgehead atoms. The molecule has 1 aromatic carbocycles. The predicted octanol–water partition coefficient (Wildman–Crippen LogP) is 4.62. The van der Waals surface area contributed by atoms with E-state index in [1.54, 1.807) is 0 Å². The van der Waals surface area contributed by atoms with E-state index in [2.05, 4.69) is 25.6 Å². The standard InChI is InChI=1S/C18H25NO2/c1-6-14-11-12-16(15-10-8-7-9-13(15)2)19(14)17(20)21-18(3,4)5/h6-10,14,16H,1,11-12H2,2-5H3. The molecule has 114 valence electrons. The Balaban J connectivity index is 2.31. The predicted molar refractivity (Wildman–Crippen MR) is 85.2 cm³/mol. The van der Waals surface area contributed by atoms with Crippen LogP contribution in [0.25, 0.3) is 0 Å². The average molecular weight is 287 g/mol. The van der Waals surface area contributed by atoms with Crippen LogP contribution in [0, 0.1) is 6.92 Å². The summed E-state index contributed by atoms with van der Waals surface area (Å²) in [7, 11) is 0. The molecule has 1 fully saturated rings. The van der Waals surface area contributed by atoms with Gasteiger partial charge in [-0.3, -0.25) is 4.90 Å². The van der Waals surface area contributed by atoms with Crippen molar-refractivity contribution < 1.29 is 9.53 Å². The Morgan fingerprint density at radius 2 is 2.00 bits per heavy atom. The molecule has 3 heteroatoms. The van der Waals surface area contributed by atoms with Crippen LogP contribution in [0.3, 0.4) is 0 Å². The molecule has 1 amide bonds. The molecule has 1 aromatic rings. The Labute approximate surface area is 127 Å². The Morgan fingerprint density at radius 1 is 1.33 bits per heavy atom. The van der Waals surface area contributed by atoms with Gasteiger partial charge in [0.1, 0.15) is 5.60 Å². The fraction of sp³-hybridized carbons (Fsp3) is 0.500. The number of carbonyl (C=O) groups is 1. The molecule has 0 radical (unpaired) electrons. The van der Waals surface area contributed by atoms with Crippen LogP contribution in [-0.4, -0.2) is 22.6 Å². The fourth-order valence-corrected chi connectivity index (χ4v) is 2.91. The van der Waals surface area contributed by atoms with Gasteiger partial charge < -0.3 is 4.74 Å². The summed E-state index contributed by atoms with van der Waals surface area (Å²) in [4.78, 5) is 14.4. The zero-order chi connectivity index (χ0) is 15.6. The van der Waals surface area contributed by atoms with Crippen molar-refractivity contribution in [2.24, 2.45) is 0 Å². The molecule has 0 aromatic heterocycles. The summed E-state index contributed by atoms with van der Waals surface area (Å²) in [6.45, 7) is 11.6. The number of rotatable bonds is 2. The summed E-state index contributed by atoms with van der Waals surface area (Å²) < 4.78 is 5.58. The Morgan fingerprint density at radius 3 is 2.57 bits per heavy atom. The molecule has 2 rings (SSSR count). The average Bonchev–Trinajstić information content (AvgIpc) is 2.81. The molecular formula is C18H25NO2. The molecule has 1 saturated heterocycles. The number of hydrogen-bond donors (Lipinski definition) is 0. The van der Waals surface area contributed by atoms with Crippen molar-refractivity contribution >= 4 is 6.09 Å². The van der Waals surface area contributed by atoms with Gasteiger partial charge >= 0.3 is 6.09 Å². The maximum atomic E-state index is 12.6. The van der Waals surface area contributed by atoms with Crippen molar-refractivity contribution in [3.63, 3.8) is 0 Å². The third kappa shape index (κ3) is 3.46. The van der Waals surface area contributed by atoms with Gasteiger partial charge in [0.25, 0.3) is 0 Å². The van der Waals surface area contributed by atoms with Crippen LogP contribution in [-0.2, 0) is 4.74 Å².